The maximum atomic E-state index is 13.1. The number of carbonyl (C=O) groups is 2. The lowest BCUT2D eigenvalue weighted by Gasteiger charge is -2.14. The molecular formula is C23H26N4O5. The van der Waals surface area contributed by atoms with Crippen LogP contribution < -0.4 is 25.7 Å². The van der Waals surface area contributed by atoms with E-state index >= 15 is 0 Å². The van der Waals surface area contributed by atoms with Gasteiger partial charge in [-0.1, -0.05) is 25.1 Å². The monoisotopic (exact) mass is 438 g/mol. The number of hydrogen-bond acceptors (Lipinski definition) is 6. The highest BCUT2D eigenvalue weighted by molar-refractivity contribution is 6.05. The van der Waals surface area contributed by atoms with E-state index in [4.69, 9.17) is 9.47 Å². The summed E-state index contributed by atoms with van der Waals surface area (Å²) in [5, 5.41) is 10.4. The van der Waals surface area contributed by atoms with Crippen LogP contribution >= 0.6 is 0 Å². The molecule has 0 aliphatic heterocycles. The van der Waals surface area contributed by atoms with Crippen molar-refractivity contribution in [2.75, 3.05) is 20.8 Å². The Kier molecular flexibility index (Phi) is 7.09. The third kappa shape index (κ3) is 4.72. The Balaban J connectivity index is 2.02. The van der Waals surface area contributed by atoms with E-state index in [0.717, 1.165) is 11.1 Å². The highest BCUT2D eigenvalue weighted by atomic mass is 16.5. The van der Waals surface area contributed by atoms with Gasteiger partial charge in [0.1, 0.15) is 0 Å². The molecule has 1 unspecified atom stereocenters. The van der Waals surface area contributed by atoms with Crippen molar-refractivity contribution in [1.29, 1.82) is 0 Å². The molecule has 32 heavy (non-hydrogen) atoms. The van der Waals surface area contributed by atoms with Gasteiger partial charge < -0.3 is 20.1 Å². The molecule has 2 N–H and O–H groups in total. The summed E-state index contributed by atoms with van der Waals surface area (Å²) in [5.41, 5.74) is 0.0483. The lowest BCUT2D eigenvalue weighted by Crippen LogP contribution is -2.41. The first kappa shape index (κ1) is 22.8. The number of fused-ring (bicyclic) bond motifs is 1. The van der Waals surface area contributed by atoms with Crippen molar-refractivity contribution < 1.29 is 19.1 Å². The number of nitrogens with zero attached hydrogens (tertiary/aromatic N) is 2. The number of ether oxygens (including phenoxy) is 2. The van der Waals surface area contributed by atoms with Crippen molar-refractivity contribution in [3.05, 3.63) is 58.5 Å². The number of nitrogens with one attached hydrogen (secondary N) is 2. The van der Waals surface area contributed by atoms with Crippen LogP contribution in [0.15, 0.2) is 47.3 Å². The van der Waals surface area contributed by atoms with Gasteiger partial charge in [-0.05, 0) is 31.5 Å². The van der Waals surface area contributed by atoms with E-state index in [1.54, 1.807) is 42.5 Å². The molecule has 1 aromatic heterocycles. The van der Waals surface area contributed by atoms with E-state index in [9.17, 15) is 14.4 Å². The van der Waals surface area contributed by atoms with E-state index in [-0.39, 0.29) is 29.7 Å². The van der Waals surface area contributed by atoms with Gasteiger partial charge in [-0.3, -0.25) is 14.4 Å². The van der Waals surface area contributed by atoms with Crippen molar-refractivity contribution in [1.82, 2.24) is 20.4 Å². The maximum Gasteiger partial charge on any atom is 0.279 e. The summed E-state index contributed by atoms with van der Waals surface area (Å²) in [5.74, 6) is 0.0508. The quantitative estimate of drug-likeness (QED) is 0.557. The number of carbonyl (C=O) groups excluding carboxylic acids is 2. The Hall–Kier alpha value is -3.88. The molecular weight excluding hydrogens is 412 g/mol. The first-order valence-corrected chi connectivity index (χ1v) is 10.2. The van der Waals surface area contributed by atoms with E-state index in [1.807, 2.05) is 13.8 Å². The second kappa shape index (κ2) is 9.95. The van der Waals surface area contributed by atoms with E-state index < -0.39 is 5.91 Å². The van der Waals surface area contributed by atoms with Crippen LogP contribution in [0, 0.1) is 0 Å². The van der Waals surface area contributed by atoms with Crippen molar-refractivity contribution in [2.24, 2.45) is 0 Å². The number of rotatable bonds is 8. The fraction of sp³-hybridized carbons (Fsp3) is 0.304. The molecule has 0 bridgehead atoms. The van der Waals surface area contributed by atoms with Gasteiger partial charge in [-0.25, -0.2) is 0 Å². The van der Waals surface area contributed by atoms with Gasteiger partial charge in [-0.2, -0.15) is 9.78 Å². The molecule has 0 radical (unpaired) electrons. The number of benzene rings is 2. The third-order valence-corrected chi connectivity index (χ3v) is 5.06. The second-order valence-electron chi connectivity index (χ2n) is 7.21. The second-order valence-corrected chi connectivity index (χ2v) is 7.21. The largest absolute Gasteiger partial charge is 0.493 e. The van der Waals surface area contributed by atoms with Crippen LogP contribution in [-0.4, -0.2) is 48.4 Å². The van der Waals surface area contributed by atoms with Crippen LogP contribution in [0.2, 0.25) is 0 Å². The summed E-state index contributed by atoms with van der Waals surface area (Å²) >= 11 is 0. The summed E-state index contributed by atoms with van der Waals surface area (Å²) in [6.45, 7) is 3.64. The maximum absolute atomic E-state index is 13.1. The van der Waals surface area contributed by atoms with Crippen molar-refractivity contribution in [3.63, 3.8) is 0 Å². The molecule has 0 spiro atoms. The summed E-state index contributed by atoms with van der Waals surface area (Å²) < 4.78 is 11.7. The van der Waals surface area contributed by atoms with Crippen LogP contribution in [0.1, 0.15) is 30.8 Å². The molecule has 168 valence electrons. The molecule has 1 heterocycles. The Morgan fingerprint density at radius 3 is 2.41 bits per heavy atom. The fourth-order valence-electron chi connectivity index (χ4n) is 3.16. The molecule has 0 aliphatic carbocycles. The predicted molar refractivity (Wildman–Crippen MR) is 121 cm³/mol. The topological polar surface area (TPSA) is 112 Å². The smallest absolute Gasteiger partial charge is 0.279 e. The molecule has 1 atom stereocenters. The van der Waals surface area contributed by atoms with Gasteiger partial charge in [0.2, 0.25) is 5.91 Å². The van der Waals surface area contributed by atoms with Crippen LogP contribution in [0.3, 0.4) is 0 Å². The SMILES string of the molecule is CCC(C)NC(=O)CNC(=O)c1nn(-c2ccc(OC)c(OC)c2)c(=O)c2ccccc12. The minimum atomic E-state index is -0.560. The number of hydrogen-bond donors (Lipinski definition) is 2. The van der Waals surface area contributed by atoms with E-state index in [0.29, 0.717) is 28.0 Å². The summed E-state index contributed by atoms with van der Waals surface area (Å²) in [6.07, 6.45) is 0.780. The third-order valence-electron chi connectivity index (χ3n) is 5.06. The average molecular weight is 438 g/mol. The van der Waals surface area contributed by atoms with E-state index in [2.05, 4.69) is 15.7 Å². The highest BCUT2D eigenvalue weighted by Gasteiger charge is 2.19. The number of methoxy groups -OCH3 is 2. The van der Waals surface area contributed by atoms with Crippen LogP contribution in [0.4, 0.5) is 0 Å². The Bertz CT molecular complexity index is 1200. The molecule has 0 saturated carbocycles. The zero-order valence-electron chi connectivity index (χ0n) is 18.5. The lowest BCUT2D eigenvalue weighted by atomic mass is 10.1. The van der Waals surface area contributed by atoms with Gasteiger partial charge in [0.15, 0.2) is 17.2 Å². The van der Waals surface area contributed by atoms with Crippen LogP contribution in [-0.2, 0) is 4.79 Å². The Labute approximate surface area is 185 Å². The first-order chi connectivity index (χ1) is 15.4. The van der Waals surface area contributed by atoms with Crippen LogP contribution in [0.25, 0.3) is 16.5 Å². The first-order valence-electron chi connectivity index (χ1n) is 10.2. The summed E-state index contributed by atoms with van der Waals surface area (Å²) in [6, 6.07) is 11.6. The summed E-state index contributed by atoms with van der Waals surface area (Å²) in [4.78, 5) is 38.1. The molecule has 0 saturated heterocycles. The van der Waals surface area contributed by atoms with Crippen LogP contribution in [0.5, 0.6) is 11.5 Å². The number of aromatic nitrogens is 2. The van der Waals surface area contributed by atoms with Crippen molar-refractivity contribution in [3.8, 4) is 17.2 Å². The fourth-order valence-corrected chi connectivity index (χ4v) is 3.16. The lowest BCUT2D eigenvalue weighted by molar-refractivity contribution is -0.120. The minimum Gasteiger partial charge on any atom is -0.493 e. The molecule has 3 aromatic rings. The Morgan fingerprint density at radius 1 is 1.06 bits per heavy atom. The van der Waals surface area contributed by atoms with Gasteiger partial charge in [0.25, 0.3) is 11.5 Å². The Morgan fingerprint density at radius 2 is 1.75 bits per heavy atom. The van der Waals surface area contributed by atoms with Gasteiger partial charge in [0, 0.05) is 17.5 Å². The molecule has 0 aliphatic rings. The minimum absolute atomic E-state index is 0.00492. The van der Waals surface area contributed by atoms with Gasteiger partial charge >= 0.3 is 0 Å². The predicted octanol–water partition coefficient (Wildman–Crippen LogP) is 2.05. The van der Waals surface area contributed by atoms with E-state index in [1.165, 1.54) is 14.2 Å². The molecule has 0 fully saturated rings. The highest BCUT2D eigenvalue weighted by Crippen LogP contribution is 2.28. The number of amides is 2. The van der Waals surface area contributed by atoms with Crippen molar-refractivity contribution >= 4 is 22.6 Å². The average Bonchev–Trinajstić information content (AvgIpc) is 2.82. The summed E-state index contributed by atoms with van der Waals surface area (Å²) in [7, 11) is 3.00. The zero-order valence-corrected chi connectivity index (χ0v) is 18.5. The van der Waals surface area contributed by atoms with Gasteiger partial charge in [0.05, 0.1) is 31.8 Å². The molecule has 3 rings (SSSR count). The molecule has 9 nitrogen and oxygen atoms in total. The molecule has 9 heteroatoms. The standard InChI is InChI=1S/C23H26N4O5/c1-5-14(2)25-20(28)13-24-22(29)21-16-8-6-7-9-17(16)23(30)27(26-21)15-10-11-18(31-3)19(12-15)32-4/h6-12,14H,5,13H2,1-4H3,(H,24,29)(H,25,28). The zero-order chi connectivity index (χ0) is 23.3. The normalized spacial score (nSPS) is 11.6. The van der Waals surface area contributed by atoms with Gasteiger partial charge in [-0.15, -0.1) is 0 Å². The van der Waals surface area contributed by atoms with Crippen molar-refractivity contribution in [2.45, 2.75) is 26.3 Å². The molecule has 2 aromatic carbocycles. The molecule has 2 amide bonds.